The number of carbonyl (C=O) groups is 2. The molecule has 0 radical (unpaired) electrons. The molecule has 3 rings (SSSR count). The fourth-order valence-electron chi connectivity index (χ4n) is 2.86. The van der Waals surface area contributed by atoms with Crippen molar-refractivity contribution in [3.8, 4) is 0 Å². The predicted octanol–water partition coefficient (Wildman–Crippen LogP) is 3.33. The highest BCUT2D eigenvalue weighted by Gasteiger charge is 2.13. The molecule has 0 fully saturated rings. The van der Waals surface area contributed by atoms with Crippen LogP contribution in [0.1, 0.15) is 17.5 Å². The topological polar surface area (TPSA) is 53.2 Å². The Morgan fingerprint density at radius 3 is 2.54 bits per heavy atom. The molecular weight excluding hydrogens is 300 g/mol. The highest BCUT2D eigenvalue weighted by atomic mass is 16.2. The van der Waals surface area contributed by atoms with Crippen LogP contribution in [0.25, 0.3) is 10.9 Å². The van der Waals surface area contributed by atoms with E-state index < -0.39 is 0 Å². The van der Waals surface area contributed by atoms with E-state index in [1.54, 1.807) is 0 Å². The molecule has 0 bridgehead atoms. The van der Waals surface area contributed by atoms with Crippen molar-refractivity contribution >= 4 is 23.2 Å². The van der Waals surface area contributed by atoms with Crippen LogP contribution in [0.3, 0.4) is 0 Å². The number of benzene rings is 2. The average molecular weight is 320 g/mol. The van der Waals surface area contributed by atoms with Gasteiger partial charge in [0.2, 0.25) is 12.3 Å². The van der Waals surface area contributed by atoms with E-state index in [-0.39, 0.29) is 5.91 Å². The van der Waals surface area contributed by atoms with Crippen LogP contribution in [0, 0.1) is 0 Å². The highest BCUT2D eigenvalue weighted by molar-refractivity contribution is 5.86. The maximum absolute atomic E-state index is 12.3. The zero-order chi connectivity index (χ0) is 16.8. The van der Waals surface area contributed by atoms with Gasteiger partial charge in [-0.25, -0.2) is 0 Å². The molecule has 2 amide bonds. The number of hydrogen-bond acceptors (Lipinski definition) is 2. The van der Waals surface area contributed by atoms with Gasteiger partial charge in [-0.2, -0.15) is 0 Å². The first-order valence-electron chi connectivity index (χ1n) is 8.11. The highest BCUT2D eigenvalue weighted by Crippen LogP contribution is 2.18. The second-order valence-electron chi connectivity index (χ2n) is 5.79. The average Bonchev–Trinajstić information content (AvgIpc) is 3.05. The van der Waals surface area contributed by atoms with Crippen LogP contribution >= 0.6 is 0 Å². The zero-order valence-corrected chi connectivity index (χ0v) is 13.4. The van der Waals surface area contributed by atoms with Gasteiger partial charge in [-0.1, -0.05) is 48.5 Å². The largest absolute Gasteiger partial charge is 0.361 e. The van der Waals surface area contributed by atoms with Crippen molar-refractivity contribution < 1.29 is 9.59 Å². The molecule has 0 spiro atoms. The van der Waals surface area contributed by atoms with Crippen LogP contribution in [0.5, 0.6) is 0 Å². The predicted molar refractivity (Wildman–Crippen MR) is 94.5 cm³/mol. The van der Waals surface area contributed by atoms with Crippen molar-refractivity contribution in [2.45, 2.75) is 19.3 Å². The maximum atomic E-state index is 12.3. The molecule has 0 aliphatic rings. The number of aromatic nitrogens is 1. The van der Waals surface area contributed by atoms with Crippen molar-refractivity contribution in [3.05, 3.63) is 71.9 Å². The van der Waals surface area contributed by atoms with Gasteiger partial charge in [-0.05, 0) is 30.0 Å². The lowest BCUT2D eigenvalue weighted by atomic mass is 10.1. The van der Waals surface area contributed by atoms with E-state index >= 15 is 0 Å². The molecule has 2 aromatic carbocycles. The number of imide groups is 1. The monoisotopic (exact) mass is 320 g/mol. The van der Waals surface area contributed by atoms with Crippen LogP contribution in [-0.4, -0.2) is 28.7 Å². The molecule has 4 nitrogen and oxygen atoms in total. The van der Waals surface area contributed by atoms with Crippen LogP contribution in [0.4, 0.5) is 0 Å². The van der Waals surface area contributed by atoms with Crippen molar-refractivity contribution in [1.82, 2.24) is 9.88 Å². The Morgan fingerprint density at radius 1 is 1.00 bits per heavy atom. The first-order valence-corrected chi connectivity index (χ1v) is 8.11. The van der Waals surface area contributed by atoms with E-state index in [1.807, 2.05) is 60.8 Å². The summed E-state index contributed by atoms with van der Waals surface area (Å²) in [5.74, 6) is -0.131. The number of nitrogens with zero attached hydrogens (tertiary/aromatic N) is 1. The second kappa shape index (κ2) is 7.59. The van der Waals surface area contributed by atoms with Gasteiger partial charge in [0.05, 0.1) is 0 Å². The van der Waals surface area contributed by atoms with E-state index in [4.69, 9.17) is 0 Å². The third-order valence-electron chi connectivity index (χ3n) is 4.21. The first kappa shape index (κ1) is 16.0. The minimum absolute atomic E-state index is 0.131. The summed E-state index contributed by atoms with van der Waals surface area (Å²) in [6.45, 7) is 0.402. The summed E-state index contributed by atoms with van der Waals surface area (Å²) in [4.78, 5) is 28.0. The van der Waals surface area contributed by atoms with Gasteiger partial charge >= 0.3 is 0 Å². The van der Waals surface area contributed by atoms with E-state index in [1.165, 1.54) is 4.90 Å². The van der Waals surface area contributed by atoms with Crippen LogP contribution in [0.15, 0.2) is 60.8 Å². The van der Waals surface area contributed by atoms with Crippen molar-refractivity contribution in [1.29, 1.82) is 0 Å². The summed E-state index contributed by atoms with van der Waals surface area (Å²) < 4.78 is 0. The lowest BCUT2D eigenvalue weighted by Gasteiger charge is -2.15. The number of H-pyrrole nitrogens is 1. The van der Waals surface area contributed by atoms with Crippen molar-refractivity contribution in [2.24, 2.45) is 0 Å². The molecule has 0 aliphatic carbocycles. The maximum Gasteiger partial charge on any atom is 0.229 e. The van der Waals surface area contributed by atoms with E-state index in [9.17, 15) is 9.59 Å². The molecule has 0 saturated carbocycles. The number of rotatable bonds is 7. The molecule has 1 heterocycles. The molecule has 0 saturated heterocycles. The second-order valence-corrected chi connectivity index (χ2v) is 5.79. The third kappa shape index (κ3) is 3.71. The van der Waals surface area contributed by atoms with Crippen LogP contribution in [0.2, 0.25) is 0 Å². The summed E-state index contributed by atoms with van der Waals surface area (Å²) in [6.07, 6.45) is 4.23. The quantitative estimate of drug-likeness (QED) is 0.679. The molecule has 1 N–H and O–H groups in total. The van der Waals surface area contributed by atoms with Gasteiger partial charge in [-0.3, -0.25) is 14.5 Å². The van der Waals surface area contributed by atoms with Gasteiger partial charge in [0.1, 0.15) is 0 Å². The normalized spacial score (nSPS) is 10.7. The Morgan fingerprint density at radius 2 is 1.75 bits per heavy atom. The van der Waals surface area contributed by atoms with Gasteiger partial charge in [0.15, 0.2) is 0 Å². The fraction of sp³-hybridized carbons (Fsp3) is 0.200. The lowest BCUT2D eigenvalue weighted by molar-refractivity contribution is -0.138. The minimum atomic E-state index is -0.131. The van der Waals surface area contributed by atoms with E-state index in [0.29, 0.717) is 32.2 Å². The van der Waals surface area contributed by atoms with Crippen molar-refractivity contribution in [3.63, 3.8) is 0 Å². The molecule has 1 aromatic heterocycles. The number of nitrogens with one attached hydrogen (secondary N) is 1. The molecule has 0 atom stereocenters. The Hall–Kier alpha value is -2.88. The minimum Gasteiger partial charge on any atom is -0.361 e. The fourth-order valence-corrected chi connectivity index (χ4v) is 2.86. The third-order valence-corrected chi connectivity index (χ3v) is 4.21. The molecule has 0 unspecified atom stereocenters. The summed E-state index contributed by atoms with van der Waals surface area (Å²) >= 11 is 0. The van der Waals surface area contributed by atoms with Gasteiger partial charge in [0.25, 0.3) is 0 Å². The SMILES string of the molecule is O=CN(CCc1c[nH]c2ccccc12)C(=O)CCc1ccccc1. The van der Waals surface area contributed by atoms with Crippen molar-refractivity contribution in [2.75, 3.05) is 6.54 Å². The summed E-state index contributed by atoms with van der Waals surface area (Å²) in [6, 6.07) is 17.9. The van der Waals surface area contributed by atoms with Gasteiger partial charge < -0.3 is 4.98 Å². The standard InChI is InChI=1S/C20H20N2O2/c23-15-22(20(24)11-10-16-6-2-1-3-7-16)13-12-17-14-21-19-9-5-4-8-18(17)19/h1-9,14-15,21H,10-13H2. The Balaban J connectivity index is 1.58. The number of aryl methyl sites for hydroxylation is 1. The Kier molecular flexibility index (Phi) is 5.06. The number of amides is 2. The molecule has 122 valence electrons. The number of carbonyl (C=O) groups excluding carboxylic acids is 2. The molecular formula is C20H20N2O2. The number of para-hydroxylation sites is 1. The summed E-state index contributed by atoms with van der Waals surface area (Å²) in [7, 11) is 0. The smallest absolute Gasteiger partial charge is 0.229 e. The molecule has 4 heteroatoms. The van der Waals surface area contributed by atoms with Crippen LogP contribution < -0.4 is 0 Å². The number of fused-ring (bicyclic) bond motifs is 1. The Labute approximate surface area is 141 Å². The molecule has 0 aliphatic heterocycles. The number of aromatic amines is 1. The molecule has 24 heavy (non-hydrogen) atoms. The zero-order valence-electron chi connectivity index (χ0n) is 13.4. The lowest BCUT2D eigenvalue weighted by Crippen LogP contribution is -2.31. The van der Waals surface area contributed by atoms with Gasteiger partial charge in [0, 0.05) is 30.1 Å². The summed E-state index contributed by atoms with van der Waals surface area (Å²) in [5.41, 5.74) is 3.29. The number of hydrogen-bond donors (Lipinski definition) is 1. The first-order chi connectivity index (χ1) is 11.8. The van der Waals surface area contributed by atoms with E-state index in [2.05, 4.69) is 4.98 Å². The molecule has 3 aromatic rings. The van der Waals surface area contributed by atoms with Crippen LogP contribution in [-0.2, 0) is 22.4 Å². The summed E-state index contributed by atoms with van der Waals surface area (Å²) in [5, 5.41) is 1.14. The van der Waals surface area contributed by atoms with E-state index in [0.717, 1.165) is 22.0 Å². The van der Waals surface area contributed by atoms with Gasteiger partial charge in [-0.15, -0.1) is 0 Å². The Bertz CT molecular complexity index is 824.